The monoisotopic (exact) mass is 328 g/mol. The maximum absolute atomic E-state index is 12.8. The summed E-state index contributed by atoms with van der Waals surface area (Å²) in [4.78, 5) is 14.9. The number of thioether (sulfide) groups is 1. The van der Waals surface area contributed by atoms with Gasteiger partial charge >= 0.3 is 0 Å². The first-order valence-corrected chi connectivity index (χ1v) is 9.07. The Balaban J connectivity index is 1.48. The minimum Gasteiger partial charge on any atom is -0.328 e. The Kier molecular flexibility index (Phi) is 3.64. The lowest BCUT2D eigenvalue weighted by molar-refractivity contribution is -0.130. The molecule has 4 rings (SSSR count). The molecular weight excluding hydrogens is 308 g/mol. The van der Waals surface area contributed by atoms with Crippen LogP contribution in [0.4, 0.5) is 0 Å². The predicted octanol–water partition coefficient (Wildman–Crippen LogP) is 3.37. The fourth-order valence-electron chi connectivity index (χ4n) is 3.78. The Morgan fingerprint density at radius 2 is 1.91 bits per heavy atom. The van der Waals surface area contributed by atoms with Gasteiger partial charge in [-0.15, -0.1) is 10.2 Å². The highest BCUT2D eigenvalue weighted by atomic mass is 32.2. The highest BCUT2D eigenvalue weighted by molar-refractivity contribution is 7.99. The molecule has 120 valence electrons. The molecule has 1 fully saturated rings. The first kappa shape index (κ1) is 14.8. The van der Waals surface area contributed by atoms with Gasteiger partial charge in [-0.3, -0.25) is 4.79 Å². The van der Waals surface area contributed by atoms with Gasteiger partial charge in [0.05, 0.1) is 17.8 Å². The van der Waals surface area contributed by atoms with Crippen molar-refractivity contribution in [3.05, 3.63) is 41.7 Å². The summed E-state index contributed by atoms with van der Waals surface area (Å²) in [5.74, 6) is 0.629. The molecule has 1 saturated heterocycles. The molecule has 3 heterocycles. The number of hydrogen-bond donors (Lipinski definition) is 0. The first-order chi connectivity index (χ1) is 11.2. The minimum atomic E-state index is 0.206. The van der Waals surface area contributed by atoms with Crippen LogP contribution in [-0.2, 0) is 4.79 Å². The Morgan fingerprint density at radius 1 is 1.26 bits per heavy atom. The molecule has 2 aliphatic rings. The lowest BCUT2D eigenvalue weighted by Gasteiger charge is -2.22. The molecular formula is C17H20N4OS. The molecule has 2 aliphatic heterocycles. The van der Waals surface area contributed by atoms with Crippen molar-refractivity contribution in [2.75, 3.05) is 5.75 Å². The molecule has 6 heteroatoms. The molecule has 1 amide bonds. The second-order valence-corrected chi connectivity index (χ2v) is 7.38. The van der Waals surface area contributed by atoms with Crippen molar-refractivity contribution in [1.29, 1.82) is 0 Å². The number of benzene rings is 1. The van der Waals surface area contributed by atoms with E-state index in [-0.39, 0.29) is 18.0 Å². The fourth-order valence-corrected chi connectivity index (χ4v) is 4.69. The van der Waals surface area contributed by atoms with Crippen LogP contribution >= 0.6 is 11.8 Å². The van der Waals surface area contributed by atoms with E-state index in [1.165, 1.54) is 22.9 Å². The molecule has 2 unspecified atom stereocenters. The van der Waals surface area contributed by atoms with Gasteiger partial charge in [-0.2, -0.15) is 0 Å². The van der Waals surface area contributed by atoms with E-state index >= 15 is 0 Å². The third kappa shape index (κ3) is 2.36. The molecule has 2 atom stereocenters. The quantitative estimate of drug-likeness (QED) is 0.808. The van der Waals surface area contributed by atoms with Crippen LogP contribution in [0, 0.1) is 0 Å². The van der Waals surface area contributed by atoms with Crippen LogP contribution in [0.3, 0.4) is 0 Å². The lowest BCUT2D eigenvalue weighted by atomic mass is 9.92. The normalized spacial score (nSPS) is 22.0. The molecule has 23 heavy (non-hydrogen) atoms. The van der Waals surface area contributed by atoms with E-state index in [0.29, 0.717) is 11.8 Å². The second kappa shape index (κ2) is 5.67. The van der Waals surface area contributed by atoms with E-state index in [2.05, 4.69) is 53.2 Å². The molecule has 1 aromatic heterocycles. The van der Waals surface area contributed by atoms with E-state index in [1.54, 1.807) is 6.33 Å². The van der Waals surface area contributed by atoms with E-state index < -0.39 is 0 Å². The smallest absolute Gasteiger partial charge is 0.234 e. The van der Waals surface area contributed by atoms with Crippen molar-refractivity contribution in [3.63, 3.8) is 0 Å². The first-order valence-electron chi connectivity index (χ1n) is 8.09. The lowest BCUT2D eigenvalue weighted by Crippen LogP contribution is -2.29. The average Bonchev–Trinajstić information content (AvgIpc) is 3.26. The van der Waals surface area contributed by atoms with Crippen molar-refractivity contribution in [2.45, 2.75) is 50.0 Å². The number of amides is 1. The summed E-state index contributed by atoms with van der Waals surface area (Å²) < 4.78 is 2.01. The van der Waals surface area contributed by atoms with Crippen LogP contribution in [0.2, 0.25) is 0 Å². The maximum Gasteiger partial charge on any atom is 0.234 e. The molecule has 0 aliphatic carbocycles. The second-order valence-electron chi connectivity index (χ2n) is 6.44. The molecule has 0 spiro atoms. The van der Waals surface area contributed by atoms with Gasteiger partial charge in [0, 0.05) is 6.04 Å². The number of fused-ring (bicyclic) bond motifs is 5. The number of carbonyl (C=O) groups excluding carboxylic acids is 1. The number of nitrogens with zero attached hydrogens (tertiary/aromatic N) is 4. The molecule has 2 bridgehead atoms. The van der Waals surface area contributed by atoms with Crippen LogP contribution < -0.4 is 0 Å². The zero-order valence-corrected chi connectivity index (χ0v) is 14.2. The predicted molar refractivity (Wildman–Crippen MR) is 89.1 cm³/mol. The Bertz CT molecular complexity index is 711. The van der Waals surface area contributed by atoms with Gasteiger partial charge in [0.15, 0.2) is 5.16 Å². The molecule has 2 aromatic rings. The van der Waals surface area contributed by atoms with Crippen LogP contribution in [0.15, 0.2) is 35.7 Å². The maximum atomic E-state index is 12.8. The highest BCUT2D eigenvalue weighted by Gasteiger charge is 2.45. The molecule has 0 radical (unpaired) electrons. The summed E-state index contributed by atoms with van der Waals surface area (Å²) in [6, 6.07) is 9.32. The third-order valence-corrected chi connectivity index (χ3v) is 5.75. The van der Waals surface area contributed by atoms with Gasteiger partial charge in [-0.1, -0.05) is 36.0 Å². The average molecular weight is 328 g/mol. The summed E-state index contributed by atoms with van der Waals surface area (Å²) >= 11 is 1.49. The summed E-state index contributed by atoms with van der Waals surface area (Å²) in [5.41, 5.74) is 2.68. The SMILES string of the molecule is CC(C)n1cnnc1SCC(=O)N1C2CCC1c1ccccc12. The minimum absolute atomic E-state index is 0.206. The zero-order chi connectivity index (χ0) is 16.0. The van der Waals surface area contributed by atoms with Crippen molar-refractivity contribution >= 4 is 17.7 Å². The van der Waals surface area contributed by atoms with E-state index in [9.17, 15) is 4.79 Å². The van der Waals surface area contributed by atoms with Crippen LogP contribution in [0.5, 0.6) is 0 Å². The van der Waals surface area contributed by atoms with E-state index in [4.69, 9.17) is 0 Å². The third-order valence-electron chi connectivity index (χ3n) is 4.81. The van der Waals surface area contributed by atoms with Crippen LogP contribution in [-0.4, -0.2) is 31.3 Å². The van der Waals surface area contributed by atoms with Crippen LogP contribution in [0.1, 0.15) is 55.9 Å². The number of aromatic nitrogens is 3. The van der Waals surface area contributed by atoms with Gasteiger partial charge in [-0.25, -0.2) is 0 Å². The van der Waals surface area contributed by atoms with Crippen molar-refractivity contribution in [1.82, 2.24) is 19.7 Å². The van der Waals surface area contributed by atoms with Crippen LogP contribution in [0.25, 0.3) is 0 Å². The Morgan fingerprint density at radius 3 is 2.52 bits per heavy atom. The number of hydrogen-bond acceptors (Lipinski definition) is 4. The van der Waals surface area contributed by atoms with Crippen molar-refractivity contribution < 1.29 is 4.79 Å². The molecule has 0 saturated carbocycles. The van der Waals surface area contributed by atoms with Crippen molar-refractivity contribution in [3.8, 4) is 0 Å². The number of carbonyl (C=O) groups is 1. The Hall–Kier alpha value is -1.82. The largest absolute Gasteiger partial charge is 0.328 e. The summed E-state index contributed by atoms with van der Waals surface area (Å²) in [6.45, 7) is 4.18. The van der Waals surface area contributed by atoms with E-state index in [1.807, 2.05) is 4.57 Å². The van der Waals surface area contributed by atoms with Gasteiger partial charge in [-0.05, 0) is 37.8 Å². The van der Waals surface area contributed by atoms with E-state index in [0.717, 1.165) is 18.0 Å². The van der Waals surface area contributed by atoms with Crippen molar-refractivity contribution in [2.24, 2.45) is 0 Å². The topological polar surface area (TPSA) is 51.0 Å². The van der Waals surface area contributed by atoms with Gasteiger partial charge in [0.25, 0.3) is 0 Å². The summed E-state index contributed by atoms with van der Waals surface area (Å²) in [7, 11) is 0. The number of rotatable bonds is 4. The molecule has 1 aromatic carbocycles. The summed E-state index contributed by atoms with van der Waals surface area (Å²) in [5, 5.41) is 8.91. The standard InChI is InChI=1S/C17H20N4OS/c1-11(2)20-10-18-19-17(20)23-9-16(22)21-14-7-8-15(21)13-6-4-3-5-12(13)14/h3-6,10-11,14-15H,7-9H2,1-2H3. The molecule has 5 nitrogen and oxygen atoms in total. The Labute approximate surface area is 140 Å². The van der Waals surface area contributed by atoms with Gasteiger partial charge in [0.2, 0.25) is 5.91 Å². The zero-order valence-electron chi connectivity index (χ0n) is 13.3. The molecule has 0 N–H and O–H groups in total. The van der Waals surface area contributed by atoms with Gasteiger partial charge < -0.3 is 9.47 Å². The van der Waals surface area contributed by atoms with Gasteiger partial charge in [0.1, 0.15) is 6.33 Å². The fraction of sp³-hybridized carbons (Fsp3) is 0.471. The highest BCUT2D eigenvalue weighted by Crippen LogP contribution is 2.53. The summed E-state index contributed by atoms with van der Waals surface area (Å²) in [6.07, 6.45) is 3.90.